The minimum absolute atomic E-state index is 0.214. The van der Waals surface area contributed by atoms with Gasteiger partial charge < -0.3 is 4.74 Å². The molecule has 2 aromatic carbocycles. The third kappa shape index (κ3) is 3.49. The zero-order chi connectivity index (χ0) is 17.3. The zero-order valence-electron chi connectivity index (χ0n) is 13.6. The Labute approximate surface area is 148 Å². The summed E-state index contributed by atoms with van der Waals surface area (Å²) in [7, 11) is -3.61. The molecule has 1 aliphatic rings. The molecule has 24 heavy (non-hydrogen) atoms. The van der Waals surface area contributed by atoms with Crippen LogP contribution in [0.15, 0.2) is 53.4 Å². The molecular formula is C18H20ClNO3S. The summed E-state index contributed by atoms with van der Waals surface area (Å²) in [4.78, 5) is 0.214. The van der Waals surface area contributed by atoms with Crippen LogP contribution in [-0.4, -0.2) is 31.9 Å². The Bertz CT molecular complexity index is 820. The molecule has 0 N–H and O–H groups in total. The summed E-state index contributed by atoms with van der Waals surface area (Å²) in [6, 6.07) is 14.1. The molecule has 1 aliphatic heterocycles. The third-order valence-electron chi connectivity index (χ3n) is 4.23. The van der Waals surface area contributed by atoms with E-state index in [-0.39, 0.29) is 17.0 Å². The average Bonchev–Trinajstić information content (AvgIpc) is 2.56. The van der Waals surface area contributed by atoms with Crippen molar-refractivity contribution in [3.8, 4) is 0 Å². The summed E-state index contributed by atoms with van der Waals surface area (Å²) in [5.74, 6) is 0. The van der Waals surface area contributed by atoms with Gasteiger partial charge in [0.1, 0.15) is 0 Å². The molecule has 0 spiro atoms. The van der Waals surface area contributed by atoms with Gasteiger partial charge >= 0.3 is 0 Å². The van der Waals surface area contributed by atoms with Crippen molar-refractivity contribution in [2.75, 3.05) is 13.2 Å². The van der Waals surface area contributed by atoms with Crippen LogP contribution in [-0.2, 0) is 14.8 Å². The summed E-state index contributed by atoms with van der Waals surface area (Å²) in [6.07, 6.45) is -0.268. The molecular weight excluding hydrogens is 346 g/mol. The maximum atomic E-state index is 13.0. The number of hydrogen-bond donors (Lipinski definition) is 0. The van der Waals surface area contributed by atoms with Gasteiger partial charge in [0.15, 0.2) is 0 Å². The lowest BCUT2D eigenvalue weighted by atomic mass is 10.1. The van der Waals surface area contributed by atoms with Gasteiger partial charge in [-0.3, -0.25) is 0 Å². The average molecular weight is 366 g/mol. The van der Waals surface area contributed by atoms with Crippen LogP contribution in [0, 0.1) is 6.92 Å². The van der Waals surface area contributed by atoms with Crippen LogP contribution in [0.1, 0.15) is 24.2 Å². The number of sulfonamides is 1. The van der Waals surface area contributed by atoms with Crippen molar-refractivity contribution >= 4 is 21.6 Å². The maximum Gasteiger partial charge on any atom is 0.243 e. The molecule has 1 heterocycles. The Hall–Kier alpha value is -1.40. The quantitative estimate of drug-likeness (QED) is 0.831. The predicted molar refractivity (Wildman–Crippen MR) is 94.7 cm³/mol. The summed E-state index contributed by atoms with van der Waals surface area (Å²) < 4.78 is 33.4. The SMILES string of the molecule is Cc1ccc(C2CN(S(=O)(=O)c3cccc(Cl)c3)C(C)CO2)cc1. The van der Waals surface area contributed by atoms with Crippen LogP contribution in [0.2, 0.25) is 5.02 Å². The van der Waals surface area contributed by atoms with Crippen LogP contribution >= 0.6 is 11.6 Å². The van der Waals surface area contributed by atoms with E-state index in [1.54, 1.807) is 18.2 Å². The number of rotatable bonds is 3. The Morgan fingerprint density at radius 2 is 1.88 bits per heavy atom. The van der Waals surface area contributed by atoms with Crippen LogP contribution in [0.3, 0.4) is 0 Å². The molecule has 0 bridgehead atoms. The number of aryl methyl sites for hydroxylation is 1. The molecule has 0 saturated carbocycles. The van der Waals surface area contributed by atoms with Crippen molar-refractivity contribution in [2.45, 2.75) is 30.9 Å². The van der Waals surface area contributed by atoms with Gasteiger partial charge in [-0.05, 0) is 37.6 Å². The normalized spacial score (nSPS) is 22.5. The molecule has 3 rings (SSSR count). The van der Waals surface area contributed by atoms with Gasteiger partial charge in [0, 0.05) is 17.6 Å². The Morgan fingerprint density at radius 1 is 1.17 bits per heavy atom. The Kier molecular flexibility index (Phi) is 4.97. The van der Waals surface area contributed by atoms with Crippen LogP contribution in [0.5, 0.6) is 0 Å². The van der Waals surface area contributed by atoms with Crippen LogP contribution < -0.4 is 0 Å². The molecule has 1 saturated heterocycles. The number of hydrogen-bond acceptors (Lipinski definition) is 3. The number of benzene rings is 2. The molecule has 0 radical (unpaired) electrons. The zero-order valence-corrected chi connectivity index (χ0v) is 15.2. The highest BCUT2D eigenvalue weighted by molar-refractivity contribution is 7.89. The second kappa shape index (κ2) is 6.84. The number of morpholine rings is 1. The minimum atomic E-state index is -3.61. The van der Waals surface area contributed by atoms with Crippen molar-refractivity contribution in [3.05, 3.63) is 64.7 Å². The van der Waals surface area contributed by atoms with E-state index in [0.717, 1.165) is 11.1 Å². The third-order valence-corrected chi connectivity index (χ3v) is 6.44. The van der Waals surface area contributed by atoms with E-state index in [2.05, 4.69) is 0 Å². The standard InChI is InChI=1S/C18H20ClNO3S/c1-13-6-8-15(9-7-13)18-11-20(14(2)12-23-18)24(21,22)17-5-3-4-16(19)10-17/h3-10,14,18H,11-12H2,1-2H3. The smallest absolute Gasteiger partial charge is 0.243 e. The maximum absolute atomic E-state index is 13.0. The first-order chi connectivity index (χ1) is 11.4. The van der Waals surface area contributed by atoms with Gasteiger partial charge in [0.25, 0.3) is 0 Å². The predicted octanol–water partition coefficient (Wildman–Crippen LogP) is 3.80. The largest absolute Gasteiger partial charge is 0.370 e. The van der Waals surface area contributed by atoms with E-state index in [0.29, 0.717) is 18.2 Å². The second-order valence-corrected chi connectivity index (χ2v) is 8.44. The van der Waals surface area contributed by atoms with E-state index < -0.39 is 10.0 Å². The van der Waals surface area contributed by atoms with Crippen LogP contribution in [0.25, 0.3) is 0 Å². The molecule has 0 aromatic heterocycles. The van der Waals surface area contributed by atoms with Crippen LogP contribution in [0.4, 0.5) is 0 Å². The monoisotopic (exact) mass is 365 g/mol. The number of halogens is 1. The van der Waals surface area contributed by atoms with E-state index in [1.807, 2.05) is 38.1 Å². The van der Waals surface area contributed by atoms with E-state index in [9.17, 15) is 8.42 Å². The lowest BCUT2D eigenvalue weighted by Gasteiger charge is -2.37. The highest BCUT2D eigenvalue weighted by Gasteiger charge is 2.36. The number of ether oxygens (including phenoxy) is 1. The van der Waals surface area contributed by atoms with Gasteiger partial charge in [-0.2, -0.15) is 4.31 Å². The minimum Gasteiger partial charge on any atom is -0.370 e. The van der Waals surface area contributed by atoms with Gasteiger partial charge in [0.05, 0.1) is 17.6 Å². The van der Waals surface area contributed by atoms with Gasteiger partial charge in [-0.25, -0.2) is 8.42 Å². The van der Waals surface area contributed by atoms with Crippen molar-refractivity contribution in [1.82, 2.24) is 4.31 Å². The molecule has 6 heteroatoms. The number of nitrogens with zero attached hydrogens (tertiary/aromatic N) is 1. The molecule has 1 fully saturated rings. The lowest BCUT2D eigenvalue weighted by molar-refractivity contribution is -0.0288. The van der Waals surface area contributed by atoms with Gasteiger partial charge in [-0.1, -0.05) is 47.5 Å². The topological polar surface area (TPSA) is 46.6 Å². The van der Waals surface area contributed by atoms with E-state index in [4.69, 9.17) is 16.3 Å². The first kappa shape index (κ1) is 17.4. The molecule has 128 valence electrons. The van der Waals surface area contributed by atoms with Crippen molar-refractivity contribution in [2.24, 2.45) is 0 Å². The fourth-order valence-corrected chi connectivity index (χ4v) is 4.73. The summed E-state index contributed by atoms with van der Waals surface area (Å²) in [5.41, 5.74) is 2.14. The molecule has 0 amide bonds. The Balaban J connectivity index is 1.89. The highest BCUT2D eigenvalue weighted by atomic mass is 35.5. The van der Waals surface area contributed by atoms with E-state index in [1.165, 1.54) is 10.4 Å². The van der Waals surface area contributed by atoms with Gasteiger partial charge in [-0.15, -0.1) is 0 Å². The fraction of sp³-hybridized carbons (Fsp3) is 0.333. The fourth-order valence-electron chi connectivity index (χ4n) is 2.82. The van der Waals surface area contributed by atoms with E-state index >= 15 is 0 Å². The molecule has 4 nitrogen and oxygen atoms in total. The molecule has 2 unspecified atom stereocenters. The summed E-state index contributed by atoms with van der Waals surface area (Å²) >= 11 is 5.96. The highest BCUT2D eigenvalue weighted by Crippen LogP contribution is 2.30. The molecule has 0 aliphatic carbocycles. The summed E-state index contributed by atoms with van der Waals surface area (Å²) in [5, 5.41) is 0.409. The lowest BCUT2D eigenvalue weighted by Crippen LogP contribution is -2.48. The first-order valence-electron chi connectivity index (χ1n) is 7.83. The second-order valence-electron chi connectivity index (χ2n) is 6.11. The van der Waals surface area contributed by atoms with Crippen molar-refractivity contribution in [3.63, 3.8) is 0 Å². The first-order valence-corrected chi connectivity index (χ1v) is 9.65. The van der Waals surface area contributed by atoms with Crippen molar-refractivity contribution < 1.29 is 13.2 Å². The molecule has 2 atom stereocenters. The summed E-state index contributed by atoms with van der Waals surface area (Å²) in [6.45, 7) is 4.52. The Morgan fingerprint density at radius 3 is 2.54 bits per heavy atom. The van der Waals surface area contributed by atoms with Gasteiger partial charge in [0.2, 0.25) is 10.0 Å². The van der Waals surface area contributed by atoms with Crippen molar-refractivity contribution in [1.29, 1.82) is 0 Å². The molecule has 2 aromatic rings.